The number of pyridine rings is 3. The third kappa shape index (κ3) is 8.57. The highest BCUT2D eigenvalue weighted by atomic mass is 35.5. The second kappa shape index (κ2) is 16.9. The van der Waals surface area contributed by atoms with Gasteiger partial charge in [-0.15, -0.1) is 34.8 Å². The highest BCUT2D eigenvalue weighted by Crippen LogP contribution is 2.37. The molecule has 0 bridgehead atoms. The Balaban J connectivity index is 1.33. The van der Waals surface area contributed by atoms with Gasteiger partial charge in [0.15, 0.2) is 18.9 Å². The molecule has 0 fully saturated rings. The van der Waals surface area contributed by atoms with E-state index in [0.29, 0.717) is 54.2 Å². The summed E-state index contributed by atoms with van der Waals surface area (Å²) in [6.07, 6.45) is 4.13. The summed E-state index contributed by atoms with van der Waals surface area (Å²) in [5.74, 6) is 2.08. The van der Waals surface area contributed by atoms with Crippen LogP contribution in [0.2, 0.25) is 0 Å². The van der Waals surface area contributed by atoms with Crippen molar-refractivity contribution < 1.29 is 42.6 Å². The van der Waals surface area contributed by atoms with Crippen molar-refractivity contribution in [3.63, 3.8) is 0 Å². The van der Waals surface area contributed by atoms with Gasteiger partial charge in [-0.2, -0.15) is 0 Å². The fraction of sp³-hybridized carbons (Fsp3) is 0.571. The summed E-state index contributed by atoms with van der Waals surface area (Å²) in [6.45, 7) is 9.87. The van der Waals surface area contributed by atoms with Crippen LogP contribution in [0.1, 0.15) is 78.2 Å². The van der Waals surface area contributed by atoms with Gasteiger partial charge in [-0.05, 0) is 27.7 Å². The summed E-state index contributed by atoms with van der Waals surface area (Å²) >= 11 is 19.1. The van der Waals surface area contributed by atoms with E-state index in [-0.39, 0.29) is 76.2 Å². The van der Waals surface area contributed by atoms with Gasteiger partial charge in [0, 0.05) is 52.0 Å². The third-order valence-electron chi connectivity index (χ3n) is 8.78. The number of aromatic nitrogens is 3. The molecule has 3 aromatic rings. The Morgan fingerprint density at radius 3 is 1.10 bits per heavy atom. The van der Waals surface area contributed by atoms with Gasteiger partial charge < -0.3 is 42.6 Å². The molecule has 272 valence electrons. The predicted octanol–water partition coefficient (Wildman–Crippen LogP) is 6.81. The van der Waals surface area contributed by atoms with E-state index >= 15 is 0 Å². The fourth-order valence-corrected chi connectivity index (χ4v) is 6.28. The molecule has 3 atom stereocenters. The maximum atomic E-state index is 6.65. The predicted molar refractivity (Wildman–Crippen MR) is 183 cm³/mol. The van der Waals surface area contributed by atoms with Crippen molar-refractivity contribution in [2.75, 3.05) is 19.8 Å². The van der Waals surface area contributed by atoms with Gasteiger partial charge in [-0.1, -0.05) is 0 Å². The first-order valence-corrected chi connectivity index (χ1v) is 18.1. The number of fused-ring (bicyclic) bond motifs is 3. The van der Waals surface area contributed by atoms with E-state index in [9.17, 15) is 0 Å². The van der Waals surface area contributed by atoms with Gasteiger partial charge in [-0.25, -0.2) is 0 Å². The number of rotatable bonds is 12. The highest BCUT2D eigenvalue weighted by Gasteiger charge is 2.33. The Bertz CT molecular complexity index is 1460. The van der Waals surface area contributed by atoms with Crippen LogP contribution in [0.4, 0.5) is 0 Å². The lowest BCUT2D eigenvalue weighted by molar-refractivity contribution is -0.136. The standard InChI is InChI=1S/C35H42Cl3N3O9/c1-20-42-11-23-8-39-29(5-36)32(26(23)14-45-20)48-17-35(4,18-49-33-27-15-46-21(2)43-12-24(27)9-40-30(33)6-37)19-50-34-28-16-47-22(3)44-13-25(28)10-41-31(34)7-38/h8-10,20-22H,5-7,11-19H2,1-4H3. The lowest BCUT2D eigenvalue weighted by Crippen LogP contribution is -2.38. The van der Waals surface area contributed by atoms with E-state index < -0.39 is 5.41 Å². The molecule has 0 saturated heterocycles. The molecule has 12 nitrogen and oxygen atoms in total. The van der Waals surface area contributed by atoms with E-state index in [2.05, 4.69) is 15.0 Å². The molecule has 0 aliphatic carbocycles. The number of alkyl halides is 3. The summed E-state index contributed by atoms with van der Waals surface area (Å²) < 4.78 is 55.0. The zero-order valence-corrected chi connectivity index (χ0v) is 30.9. The van der Waals surface area contributed by atoms with Crippen molar-refractivity contribution in [2.45, 2.75) is 104 Å². The lowest BCUT2D eigenvalue weighted by atomic mass is 9.93. The molecule has 3 aliphatic rings. The van der Waals surface area contributed by atoms with Crippen LogP contribution in [-0.2, 0) is 85.7 Å². The van der Waals surface area contributed by atoms with E-state index in [1.54, 1.807) is 18.6 Å². The van der Waals surface area contributed by atoms with Crippen LogP contribution in [0.15, 0.2) is 18.6 Å². The molecule has 3 unspecified atom stereocenters. The van der Waals surface area contributed by atoms with Crippen LogP contribution in [-0.4, -0.2) is 53.6 Å². The molecule has 6 rings (SSSR count). The molecule has 0 saturated carbocycles. The van der Waals surface area contributed by atoms with Crippen molar-refractivity contribution in [3.05, 3.63) is 69.1 Å². The molecule has 3 aromatic heterocycles. The molecule has 3 aliphatic heterocycles. The fourth-order valence-electron chi connectivity index (χ4n) is 5.71. The highest BCUT2D eigenvalue weighted by molar-refractivity contribution is 6.17. The van der Waals surface area contributed by atoms with Gasteiger partial charge in [0.25, 0.3) is 0 Å². The van der Waals surface area contributed by atoms with Gasteiger partial charge in [0.1, 0.15) is 37.1 Å². The summed E-state index contributed by atoms with van der Waals surface area (Å²) in [6, 6.07) is 0. The molecule has 6 heterocycles. The topological polar surface area (TPSA) is 122 Å². The molecule has 15 heteroatoms. The first kappa shape index (κ1) is 37.2. The molecule has 0 amide bonds. The summed E-state index contributed by atoms with van der Waals surface area (Å²) in [5, 5.41) is 0. The van der Waals surface area contributed by atoms with Crippen molar-refractivity contribution >= 4 is 34.8 Å². The molecule has 0 spiro atoms. The van der Waals surface area contributed by atoms with Crippen molar-refractivity contribution in [1.29, 1.82) is 0 Å². The monoisotopic (exact) mass is 753 g/mol. The van der Waals surface area contributed by atoms with E-state index in [0.717, 1.165) is 33.4 Å². The van der Waals surface area contributed by atoms with Gasteiger partial charge >= 0.3 is 0 Å². The molecule has 0 radical (unpaired) electrons. The third-order valence-corrected chi connectivity index (χ3v) is 9.54. The van der Waals surface area contributed by atoms with Gasteiger partial charge in [0.2, 0.25) is 0 Å². The minimum atomic E-state index is -0.787. The van der Waals surface area contributed by atoms with Crippen LogP contribution >= 0.6 is 34.8 Å². The van der Waals surface area contributed by atoms with Crippen LogP contribution in [0.3, 0.4) is 0 Å². The minimum absolute atomic E-state index is 0.144. The van der Waals surface area contributed by atoms with Crippen LogP contribution in [0, 0.1) is 5.41 Å². The smallest absolute Gasteiger partial charge is 0.155 e. The van der Waals surface area contributed by atoms with E-state index in [1.807, 2.05) is 27.7 Å². The second-order valence-corrected chi connectivity index (χ2v) is 13.6. The summed E-state index contributed by atoms with van der Waals surface area (Å²) in [5.41, 5.74) is 6.12. The number of nitrogens with zero attached hydrogens (tertiary/aromatic N) is 3. The molecule has 50 heavy (non-hydrogen) atoms. The largest absolute Gasteiger partial charge is 0.490 e. The lowest BCUT2D eigenvalue weighted by Gasteiger charge is -2.31. The first-order chi connectivity index (χ1) is 24.2. The van der Waals surface area contributed by atoms with Crippen LogP contribution in [0.25, 0.3) is 0 Å². The number of ether oxygens (including phenoxy) is 9. The van der Waals surface area contributed by atoms with Gasteiger partial charge in [-0.3, -0.25) is 15.0 Å². The second-order valence-electron chi connectivity index (χ2n) is 12.8. The Hall–Kier alpha value is -2.52. The van der Waals surface area contributed by atoms with Crippen molar-refractivity contribution in [2.24, 2.45) is 5.41 Å². The van der Waals surface area contributed by atoms with E-state index in [4.69, 9.17) is 77.4 Å². The normalized spacial score (nSPS) is 21.8. The molecule has 0 aromatic carbocycles. The Morgan fingerprint density at radius 1 is 0.540 bits per heavy atom. The SMILES string of the molecule is CC1OCc2cnc(CCl)c(OCC(C)(COc3c(CCl)ncc4c3COC(C)OC4)COc3c(CCl)ncc4c3COC(C)OC4)c2CO1. The van der Waals surface area contributed by atoms with Gasteiger partial charge in [0.05, 0.1) is 79.8 Å². The van der Waals surface area contributed by atoms with Crippen LogP contribution < -0.4 is 14.2 Å². The molecule has 0 N–H and O–H groups in total. The number of hydrogen-bond donors (Lipinski definition) is 0. The van der Waals surface area contributed by atoms with E-state index in [1.165, 1.54) is 0 Å². The zero-order chi connectivity index (χ0) is 35.3. The minimum Gasteiger partial charge on any atom is -0.490 e. The van der Waals surface area contributed by atoms with Crippen molar-refractivity contribution in [3.8, 4) is 17.2 Å². The first-order valence-electron chi connectivity index (χ1n) is 16.5. The zero-order valence-electron chi connectivity index (χ0n) is 28.6. The van der Waals surface area contributed by atoms with Crippen molar-refractivity contribution in [1.82, 2.24) is 15.0 Å². The number of halogens is 3. The average Bonchev–Trinajstić information content (AvgIpc) is 3.54. The Labute approximate surface area is 306 Å². The Morgan fingerprint density at radius 2 is 0.820 bits per heavy atom. The summed E-state index contributed by atoms with van der Waals surface area (Å²) in [4.78, 5) is 13.8. The molecular formula is C35H42Cl3N3O9. The van der Waals surface area contributed by atoms with Crippen LogP contribution in [0.5, 0.6) is 17.2 Å². The average molecular weight is 755 g/mol. The number of hydrogen-bond acceptors (Lipinski definition) is 12. The summed E-state index contributed by atoms with van der Waals surface area (Å²) in [7, 11) is 0. The maximum Gasteiger partial charge on any atom is 0.155 e. The molecular weight excluding hydrogens is 713 g/mol. The quantitative estimate of drug-likeness (QED) is 0.181. The Kier molecular flexibility index (Phi) is 12.6. The maximum absolute atomic E-state index is 6.65.